The van der Waals surface area contributed by atoms with Crippen molar-refractivity contribution in [3.63, 3.8) is 0 Å². The fraction of sp³-hybridized carbons (Fsp3) is 0.111. The summed E-state index contributed by atoms with van der Waals surface area (Å²) in [5.74, 6) is -1.25. The lowest BCUT2D eigenvalue weighted by molar-refractivity contribution is -0.386. The molecule has 1 aliphatic rings. The van der Waals surface area contributed by atoms with Gasteiger partial charge < -0.3 is 15.2 Å². The molecule has 1 fully saturated rings. The molecule has 30 heavy (non-hydrogen) atoms. The summed E-state index contributed by atoms with van der Waals surface area (Å²) in [5.41, 5.74) is 5.24. The molecule has 0 spiro atoms. The Bertz CT molecular complexity index is 1090. The molecule has 0 bridgehead atoms. The molecule has 1 aromatic carbocycles. The highest BCUT2D eigenvalue weighted by molar-refractivity contribution is 8.18. The molecule has 1 saturated heterocycles. The molecule has 12 heteroatoms. The number of aromatic nitrogens is 1. The van der Waals surface area contributed by atoms with Crippen molar-refractivity contribution in [2.45, 2.75) is 0 Å². The predicted molar refractivity (Wildman–Crippen MR) is 106 cm³/mol. The van der Waals surface area contributed by atoms with Crippen molar-refractivity contribution in [1.29, 1.82) is 0 Å². The Morgan fingerprint density at radius 3 is 2.77 bits per heavy atom. The topological polar surface area (TPSA) is 155 Å². The van der Waals surface area contributed by atoms with Crippen LogP contribution in [-0.2, 0) is 9.59 Å². The third kappa shape index (κ3) is 4.38. The lowest BCUT2D eigenvalue weighted by atomic mass is 10.2. The molecule has 154 valence electrons. The average Bonchev–Trinajstić information content (AvgIpc) is 2.96. The fourth-order valence-electron chi connectivity index (χ4n) is 2.51. The number of nitrogens with zero attached hydrogens (tertiary/aromatic N) is 3. The number of pyridine rings is 1. The Morgan fingerprint density at radius 2 is 2.10 bits per heavy atom. The third-order valence-corrected chi connectivity index (χ3v) is 4.73. The zero-order valence-electron chi connectivity index (χ0n) is 15.4. The van der Waals surface area contributed by atoms with E-state index in [2.05, 4.69) is 4.98 Å². The molecule has 3 rings (SSSR count). The van der Waals surface area contributed by atoms with E-state index < -0.39 is 28.5 Å². The summed E-state index contributed by atoms with van der Waals surface area (Å²) in [6.07, 6.45) is 2.80. The summed E-state index contributed by atoms with van der Waals surface area (Å²) < 4.78 is 10.8. The Morgan fingerprint density at radius 1 is 1.33 bits per heavy atom. The van der Waals surface area contributed by atoms with Crippen LogP contribution in [0.1, 0.15) is 5.56 Å². The minimum Gasteiger partial charge on any atom is -0.493 e. The van der Waals surface area contributed by atoms with Crippen LogP contribution in [0, 0.1) is 10.1 Å². The minimum absolute atomic E-state index is 0.109. The van der Waals surface area contributed by atoms with Gasteiger partial charge in [-0.1, -0.05) is 6.07 Å². The lowest BCUT2D eigenvalue weighted by Gasteiger charge is -2.10. The van der Waals surface area contributed by atoms with Gasteiger partial charge in [-0.25, -0.2) is 4.98 Å². The lowest BCUT2D eigenvalue weighted by Crippen LogP contribution is -2.36. The molecule has 0 atom stereocenters. The van der Waals surface area contributed by atoms with Crippen LogP contribution >= 0.6 is 11.8 Å². The largest absolute Gasteiger partial charge is 0.493 e. The van der Waals surface area contributed by atoms with Gasteiger partial charge in [-0.15, -0.1) is 0 Å². The van der Waals surface area contributed by atoms with Crippen LogP contribution in [0.15, 0.2) is 41.4 Å². The average molecular weight is 430 g/mol. The highest BCUT2D eigenvalue weighted by atomic mass is 32.2. The SMILES string of the molecule is COc1cc(/C=C2\SC(=O)N(CC(N)=O)C2=O)ccc1Oc1ncccc1[N+](=O)[O-]. The molecular weight excluding hydrogens is 416 g/mol. The smallest absolute Gasteiger partial charge is 0.331 e. The van der Waals surface area contributed by atoms with Crippen LogP contribution in [-0.4, -0.2) is 45.5 Å². The molecule has 2 heterocycles. The number of nitro groups is 1. The summed E-state index contributed by atoms with van der Waals surface area (Å²) >= 11 is 0.678. The van der Waals surface area contributed by atoms with Crippen LogP contribution in [0.5, 0.6) is 17.4 Å². The van der Waals surface area contributed by atoms with E-state index in [0.717, 1.165) is 4.90 Å². The van der Waals surface area contributed by atoms with Crippen molar-refractivity contribution in [2.75, 3.05) is 13.7 Å². The second-order valence-electron chi connectivity index (χ2n) is 5.83. The summed E-state index contributed by atoms with van der Waals surface area (Å²) in [4.78, 5) is 50.4. The Kier molecular flexibility index (Phi) is 5.97. The van der Waals surface area contributed by atoms with Gasteiger partial charge in [0.05, 0.1) is 16.9 Å². The molecular formula is C18H14N4O7S. The molecule has 2 aromatic rings. The second kappa shape index (κ2) is 8.61. The molecule has 1 aliphatic heterocycles. The maximum Gasteiger partial charge on any atom is 0.331 e. The highest BCUT2D eigenvalue weighted by Crippen LogP contribution is 2.37. The van der Waals surface area contributed by atoms with Gasteiger partial charge >= 0.3 is 5.69 Å². The molecule has 0 radical (unpaired) electrons. The van der Waals surface area contributed by atoms with Crippen molar-refractivity contribution in [1.82, 2.24) is 9.88 Å². The van der Waals surface area contributed by atoms with E-state index in [4.69, 9.17) is 15.2 Å². The number of ether oxygens (including phenoxy) is 2. The molecule has 11 nitrogen and oxygen atoms in total. The highest BCUT2D eigenvalue weighted by Gasteiger charge is 2.35. The van der Waals surface area contributed by atoms with Crippen molar-refractivity contribution >= 4 is 40.6 Å². The monoisotopic (exact) mass is 430 g/mol. The van der Waals surface area contributed by atoms with Crippen molar-refractivity contribution in [3.8, 4) is 17.4 Å². The number of carbonyl (C=O) groups is 3. The Balaban J connectivity index is 1.87. The minimum atomic E-state index is -0.801. The number of rotatable bonds is 7. The number of hydrogen-bond acceptors (Lipinski definition) is 9. The van der Waals surface area contributed by atoms with E-state index in [-0.39, 0.29) is 28.0 Å². The summed E-state index contributed by atoms with van der Waals surface area (Å²) in [6, 6.07) is 7.24. The number of amides is 3. The first kappa shape index (κ1) is 20.8. The van der Waals surface area contributed by atoms with Gasteiger partial charge in [0.25, 0.3) is 17.0 Å². The van der Waals surface area contributed by atoms with Crippen LogP contribution in [0.4, 0.5) is 10.5 Å². The first-order valence-electron chi connectivity index (χ1n) is 8.29. The maximum atomic E-state index is 12.3. The van der Waals surface area contributed by atoms with E-state index in [9.17, 15) is 24.5 Å². The number of benzene rings is 1. The van der Waals surface area contributed by atoms with Crippen molar-refractivity contribution in [3.05, 3.63) is 57.1 Å². The number of thioether (sulfide) groups is 1. The summed E-state index contributed by atoms with van der Waals surface area (Å²) in [5, 5.41) is 10.5. The quantitative estimate of drug-likeness (QED) is 0.396. The molecule has 0 aliphatic carbocycles. The number of hydrogen-bond donors (Lipinski definition) is 1. The Labute approximate surface area is 173 Å². The van der Waals surface area contributed by atoms with Crippen molar-refractivity contribution < 1.29 is 28.8 Å². The van der Waals surface area contributed by atoms with E-state index in [1.54, 1.807) is 6.07 Å². The third-order valence-electron chi connectivity index (χ3n) is 3.83. The normalized spacial score (nSPS) is 14.8. The fourth-order valence-corrected chi connectivity index (χ4v) is 3.34. The number of carbonyl (C=O) groups excluding carboxylic acids is 3. The first-order chi connectivity index (χ1) is 14.3. The molecule has 1 aromatic heterocycles. The molecule has 0 saturated carbocycles. The number of primary amides is 1. The summed E-state index contributed by atoms with van der Waals surface area (Å²) in [6.45, 7) is -0.499. The van der Waals surface area contributed by atoms with Crippen LogP contribution in [0.25, 0.3) is 6.08 Å². The molecule has 2 N–H and O–H groups in total. The van der Waals surface area contributed by atoms with Gasteiger partial charge in [-0.05, 0) is 41.6 Å². The molecule has 0 unspecified atom stereocenters. The standard InChI is InChI=1S/C18H14N4O7S/c1-28-13-7-10(8-14-17(24)21(9-15(19)23)18(25)30-14)4-5-12(13)29-16-11(22(26)27)3-2-6-20-16/h2-8H,9H2,1H3,(H2,19,23)/b14-8-. The number of imide groups is 1. The van der Waals surface area contributed by atoms with E-state index >= 15 is 0 Å². The zero-order valence-corrected chi connectivity index (χ0v) is 16.3. The van der Waals surface area contributed by atoms with E-state index in [1.165, 1.54) is 43.6 Å². The van der Waals surface area contributed by atoms with E-state index in [1.807, 2.05) is 0 Å². The van der Waals surface area contributed by atoms with Gasteiger partial charge in [-0.2, -0.15) is 0 Å². The van der Waals surface area contributed by atoms with E-state index in [0.29, 0.717) is 17.3 Å². The first-order valence-corrected chi connectivity index (χ1v) is 9.10. The van der Waals surface area contributed by atoms with Crippen molar-refractivity contribution in [2.24, 2.45) is 5.73 Å². The van der Waals surface area contributed by atoms with Gasteiger partial charge in [0.2, 0.25) is 5.91 Å². The summed E-state index contributed by atoms with van der Waals surface area (Å²) in [7, 11) is 1.37. The molecule has 3 amide bonds. The van der Waals surface area contributed by atoms with Gasteiger partial charge in [-0.3, -0.25) is 29.4 Å². The van der Waals surface area contributed by atoms with Crippen LogP contribution in [0.2, 0.25) is 0 Å². The Hall–Kier alpha value is -3.93. The maximum absolute atomic E-state index is 12.3. The van der Waals surface area contributed by atoms with Crippen LogP contribution < -0.4 is 15.2 Å². The second-order valence-corrected chi connectivity index (χ2v) is 6.82. The predicted octanol–water partition coefficient (Wildman–Crippen LogP) is 2.31. The van der Waals surface area contributed by atoms with Crippen LogP contribution in [0.3, 0.4) is 0 Å². The zero-order chi connectivity index (χ0) is 21.8. The number of nitrogens with two attached hydrogens (primary N) is 1. The van der Waals surface area contributed by atoms with Gasteiger partial charge in [0.1, 0.15) is 6.54 Å². The number of methoxy groups -OCH3 is 1. The van der Waals surface area contributed by atoms with Gasteiger partial charge in [0, 0.05) is 12.3 Å². The van der Waals surface area contributed by atoms with Gasteiger partial charge in [0.15, 0.2) is 11.5 Å².